The van der Waals surface area contributed by atoms with Crippen molar-refractivity contribution in [2.24, 2.45) is 0 Å². The molecule has 0 aliphatic rings. The van der Waals surface area contributed by atoms with Crippen LogP contribution >= 0.6 is 22.6 Å². The molecule has 0 amide bonds. The van der Waals surface area contributed by atoms with E-state index in [1.54, 1.807) is 25.1 Å². The molecule has 0 N–H and O–H groups in total. The van der Waals surface area contributed by atoms with Crippen LogP contribution in [0.15, 0.2) is 47.4 Å². The average molecular weight is 432 g/mol. The van der Waals surface area contributed by atoms with E-state index < -0.39 is 10.1 Å². The van der Waals surface area contributed by atoms with Crippen LogP contribution in [0.2, 0.25) is 0 Å². The molecule has 0 atom stereocenters. The minimum Gasteiger partial charge on any atom is -0.490 e. The van der Waals surface area contributed by atoms with Crippen molar-refractivity contribution < 1.29 is 22.1 Å². The highest BCUT2D eigenvalue weighted by Gasteiger charge is 2.21. The third-order valence-electron chi connectivity index (χ3n) is 2.69. The maximum atomic E-state index is 12.3. The zero-order valence-electron chi connectivity index (χ0n) is 11.7. The van der Waals surface area contributed by atoms with E-state index in [-0.39, 0.29) is 16.4 Å². The van der Waals surface area contributed by atoms with Gasteiger partial charge in [0.25, 0.3) is 0 Å². The first kappa shape index (κ1) is 16.8. The molecule has 0 aliphatic heterocycles. The van der Waals surface area contributed by atoms with Crippen LogP contribution in [0.5, 0.6) is 11.5 Å². The Labute approximate surface area is 142 Å². The Kier molecular flexibility index (Phi) is 5.41. The summed E-state index contributed by atoms with van der Waals surface area (Å²) in [5.74, 6) is 0.299. The van der Waals surface area contributed by atoms with Gasteiger partial charge in [0.05, 0.1) is 10.2 Å². The molecule has 0 aromatic heterocycles. The molecule has 0 spiro atoms. The highest BCUT2D eigenvalue weighted by molar-refractivity contribution is 14.1. The second-order valence-electron chi connectivity index (χ2n) is 4.23. The van der Waals surface area contributed by atoms with Gasteiger partial charge in [0.1, 0.15) is 11.2 Å². The summed E-state index contributed by atoms with van der Waals surface area (Å²) in [5.41, 5.74) is 0.386. The van der Waals surface area contributed by atoms with Gasteiger partial charge in [0, 0.05) is 5.56 Å². The lowest BCUT2D eigenvalue weighted by Crippen LogP contribution is -2.12. The molecule has 5 nitrogen and oxygen atoms in total. The maximum Gasteiger partial charge on any atom is 0.339 e. The molecule has 0 fully saturated rings. The Morgan fingerprint density at radius 3 is 2.45 bits per heavy atom. The van der Waals surface area contributed by atoms with Crippen LogP contribution in [0, 0.1) is 3.57 Å². The standard InChI is InChI=1S/C15H13IO5S/c1-2-20-14-9-11(10-17)8-13(16)15(14)21-22(18,19)12-6-4-3-5-7-12/h3-10H,2H2,1H3. The Balaban J connectivity index is 2.46. The number of aldehydes is 1. The van der Waals surface area contributed by atoms with Crippen LogP contribution in [0.4, 0.5) is 0 Å². The van der Waals surface area contributed by atoms with Crippen molar-refractivity contribution in [3.63, 3.8) is 0 Å². The molecule has 0 radical (unpaired) electrons. The molecule has 0 unspecified atom stereocenters. The SMILES string of the molecule is CCOc1cc(C=O)cc(I)c1OS(=O)(=O)c1ccccc1. The van der Waals surface area contributed by atoms with Gasteiger partial charge in [-0.25, -0.2) is 0 Å². The average Bonchev–Trinajstić information content (AvgIpc) is 2.51. The van der Waals surface area contributed by atoms with Gasteiger partial charge < -0.3 is 8.92 Å². The van der Waals surface area contributed by atoms with Crippen LogP contribution < -0.4 is 8.92 Å². The van der Waals surface area contributed by atoms with E-state index in [1.165, 1.54) is 24.3 Å². The monoisotopic (exact) mass is 432 g/mol. The van der Waals surface area contributed by atoms with E-state index in [0.29, 0.717) is 22.0 Å². The van der Waals surface area contributed by atoms with E-state index in [2.05, 4.69) is 0 Å². The number of halogens is 1. The molecule has 0 saturated carbocycles. The number of hydrogen-bond acceptors (Lipinski definition) is 5. The zero-order chi connectivity index (χ0) is 16.2. The fourth-order valence-corrected chi connectivity index (χ4v) is 3.61. The molecule has 0 heterocycles. The molecule has 22 heavy (non-hydrogen) atoms. The van der Waals surface area contributed by atoms with Gasteiger partial charge in [0.2, 0.25) is 0 Å². The third-order valence-corrected chi connectivity index (χ3v) is 4.73. The Morgan fingerprint density at radius 1 is 1.18 bits per heavy atom. The zero-order valence-corrected chi connectivity index (χ0v) is 14.6. The second kappa shape index (κ2) is 7.10. The topological polar surface area (TPSA) is 69.7 Å². The van der Waals surface area contributed by atoms with Gasteiger partial charge in [-0.05, 0) is 53.8 Å². The number of hydrogen-bond donors (Lipinski definition) is 0. The summed E-state index contributed by atoms with van der Waals surface area (Å²) < 4.78 is 35.7. The summed E-state index contributed by atoms with van der Waals surface area (Å²) in [7, 11) is -3.97. The van der Waals surface area contributed by atoms with Gasteiger partial charge in [0.15, 0.2) is 11.5 Å². The summed E-state index contributed by atoms with van der Waals surface area (Å²) in [6, 6.07) is 10.8. The van der Waals surface area contributed by atoms with Gasteiger partial charge in [-0.15, -0.1) is 0 Å². The Bertz CT molecular complexity index is 772. The second-order valence-corrected chi connectivity index (χ2v) is 6.94. The van der Waals surface area contributed by atoms with Crippen molar-refractivity contribution in [1.82, 2.24) is 0 Å². The molecule has 2 rings (SSSR count). The van der Waals surface area contributed by atoms with Gasteiger partial charge in [-0.3, -0.25) is 4.79 Å². The molecule has 0 bridgehead atoms. The predicted molar refractivity (Wildman–Crippen MR) is 90.0 cm³/mol. The van der Waals surface area contributed by atoms with E-state index in [0.717, 1.165) is 0 Å². The minimum atomic E-state index is -3.97. The van der Waals surface area contributed by atoms with Crippen molar-refractivity contribution in [2.45, 2.75) is 11.8 Å². The summed E-state index contributed by atoms with van der Waals surface area (Å²) in [6.45, 7) is 2.08. The number of ether oxygens (including phenoxy) is 1. The molecular weight excluding hydrogens is 419 g/mol. The Hall–Kier alpha value is -1.61. The van der Waals surface area contributed by atoms with Crippen molar-refractivity contribution >= 4 is 39.0 Å². The van der Waals surface area contributed by atoms with Crippen molar-refractivity contribution in [2.75, 3.05) is 6.61 Å². The number of carbonyl (C=O) groups is 1. The van der Waals surface area contributed by atoms with E-state index in [9.17, 15) is 13.2 Å². The smallest absolute Gasteiger partial charge is 0.339 e. The van der Waals surface area contributed by atoms with Gasteiger partial charge in [-0.1, -0.05) is 18.2 Å². The van der Waals surface area contributed by atoms with Gasteiger partial charge in [-0.2, -0.15) is 8.42 Å². The first-order chi connectivity index (χ1) is 10.5. The van der Waals surface area contributed by atoms with Crippen LogP contribution in [-0.2, 0) is 10.1 Å². The largest absolute Gasteiger partial charge is 0.490 e. The summed E-state index contributed by atoms with van der Waals surface area (Å²) >= 11 is 1.91. The molecule has 7 heteroatoms. The summed E-state index contributed by atoms with van der Waals surface area (Å²) in [5, 5.41) is 0. The quantitative estimate of drug-likeness (QED) is 0.398. The van der Waals surface area contributed by atoms with E-state index >= 15 is 0 Å². The summed E-state index contributed by atoms with van der Waals surface area (Å²) in [6.07, 6.45) is 0.667. The van der Waals surface area contributed by atoms with E-state index in [4.69, 9.17) is 8.92 Å². The third kappa shape index (κ3) is 3.77. The first-order valence-electron chi connectivity index (χ1n) is 6.39. The van der Waals surface area contributed by atoms with Crippen molar-refractivity contribution in [3.05, 3.63) is 51.6 Å². The van der Waals surface area contributed by atoms with Crippen molar-refractivity contribution in [3.8, 4) is 11.5 Å². The number of carbonyl (C=O) groups excluding carboxylic acids is 1. The molecular formula is C15H13IO5S. The molecule has 116 valence electrons. The minimum absolute atomic E-state index is 0.0488. The lowest BCUT2D eigenvalue weighted by atomic mass is 10.2. The summed E-state index contributed by atoms with van der Waals surface area (Å²) in [4.78, 5) is 11.0. The number of rotatable bonds is 6. The van der Waals surface area contributed by atoms with Crippen LogP contribution in [0.25, 0.3) is 0 Å². The Morgan fingerprint density at radius 2 is 1.86 bits per heavy atom. The first-order valence-corrected chi connectivity index (χ1v) is 8.87. The lowest BCUT2D eigenvalue weighted by Gasteiger charge is -2.14. The maximum absolute atomic E-state index is 12.3. The molecule has 0 saturated heterocycles. The van der Waals surface area contributed by atoms with Crippen LogP contribution in [0.3, 0.4) is 0 Å². The fraction of sp³-hybridized carbons (Fsp3) is 0.133. The van der Waals surface area contributed by atoms with Gasteiger partial charge >= 0.3 is 10.1 Å². The van der Waals surface area contributed by atoms with Crippen LogP contribution in [-0.4, -0.2) is 21.3 Å². The lowest BCUT2D eigenvalue weighted by molar-refractivity contribution is 0.112. The fourth-order valence-electron chi connectivity index (χ4n) is 1.74. The van der Waals surface area contributed by atoms with E-state index in [1.807, 2.05) is 22.6 Å². The molecule has 2 aromatic carbocycles. The number of benzene rings is 2. The highest BCUT2D eigenvalue weighted by atomic mass is 127. The predicted octanol–water partition coefficient (Wildman–Crippen LogP) is 3.27. The van der Waals surface area contributed by atoms with Crippen molar-refractivity contribution in [1.29, 1.82) is 0 Å². The molecule has 2 aromatic rings. The molecule has 0 aliphatic carbocycles. The highest BCUT2D eigenvalue weighted by Crippen LogP contribution is 2.35. The normalized spacial score (nSPS) is 11.0. The van der Waals surface area contributed by atoms with Crippen LogP contribution in [0.1, 0.15) is 17.3 Å².